The lowest BCUT2D eigenvalue weighted by Crippen LogP contribution is -2.45. The summed E-state index contributed by atoms with van der Waals surface area (Å²) in [6.07, 6.45) is 1.09. The van der Waals surface area contributed by atoms with E-state index in [1.165, 1.54) is 0 Å². The number of carbonyl (C=O) groups is 1. The Morgan fingerprint density at radius 3 is 2.71 bits per heavy atom. The van der Waals surface area contributed by atoms with Gasteiger partial charge in [-0.3, -0.25) is 0 Å². The van der Waals surface area contributed by atoms with E-state index in [2.05, 4.69) is 20.7 Å². The molecule has 1 aliphatic heterocycles. The molecule has 2 rings (SSSR count). The van der Waals surface area contributed by atoms with Gasteiger partial charge in [0, 0.05) is 18.7 Å². The molecule has 1 aliphatic rings. The lowest BCUT2D eigenvalue weighted by Gasteiger charge is -2.35. The van der Waals surface area contributed by atoms with Crippen LogP contribution < -0.4 is 4.72 Å². The molecule has 118 valence electrons. The number of carboxylic acid groups (broad SMARTS) is 1. The van der Waals surface area contributed by atoms with E-state index in [4.69, 9.17) is 14.3 Å². The fourth-order valence-corrected chi connectivity index (χ4v) is 4.47. The third-order valence-electron chi connectivity index (χ3n) is 3.17. The quantitative estimate of drug-likeness (QED) is 0.825. The highest BCUT2D eigenvalue weighted by Gasteiger charge is 2.33. The van der Waals surface area contributed by atoms with Crippen LogP contribution in [-0.2, 0) is 14.8 Å². The Morgan fingerprint density at radius 2 is 2.19 bits per heavy atom. The van der Waals surface area contributed by atoms with Crippen molar-refractivity contribution in [2.45, 2.75) is 43.2 Å². The molecular formula is C12H16BrNO6S. The van der Waals surface area contributed by atoms with Crippen molar-refractivity contribution in [1.29, 1.82) is 0 Å². The number of hydrogen-bond donors (Lipinski definition) is 2. The van der Waals surface area contributed by atoms with Gasteiger partial charge in [0.15, 0.2) is 4.67 Å². The van der Waals surface area contributed by atoms with Crippen molar-refractivity contribution in [1.82, 2.24) is 4.72 Å². The van der Waals surface area contributed by atoms with Crippen LogP contribution in [0.15, 0.2) is 20.0 Å². The second-order valence-electron chi connectivity index (χ2n) is 5.47. The summed E-state index contributed by atoms with van der Waals surface area (Å²) in [5.41, 5.74) is -0.398. The maximum Gasteiger partial charge on any atom is 0.371 e. The Kier molecular flexibility index (Phi) is 4.48. The van der Waals surface area contributed by atoms with Crippen LogP contribution in [0.2, 0.25) is 0 Å². The molecular weight excluding hydrogens is 366 g/mol. The molecule has 0 amide bonds. The Bertz CT molecular complexity index is 651. The largest absolute Gasteiger partial charge is 0.475 e. The Labute approximate surface area is 130 Å². The van der Waals surface area contributed by atoms with E-state index in [-0.39, 0.29) is 15.6 Å². The topological polar surface area (TPSA) is 106 Å². The maximum absolute atomic E-state index is 12.3. The Hall–Kier alpha value is -0.900. The van der Waals surface area contributed by atoms with Gasteiger partial charge in [-0.1, -0.05) is 0 Å². The van der Waals surface area contributed by atoms with Crippen molar-refractivity contribution >= 4 is 31.9 Å². The lowest BCUT2D eigenvalue weighted by atomic mass is 9.95. The van der Waals surface area contributed by atoms with Crippen molar-refractivity contribution in [3.05, 3.63) is 16.5 Å². The zero-order valence-corrected chi connectivity index (χ0v) is 14.0. The van der Waals surface area contributed by atoms with Crippen LogP contribution in [0.5, 0.6) is 0 Å². The molecule has 0 saturated carbocycles. The first-order valence-electron chi connectivity index (χ1n) is 6.30. The zero-order valence-electron chi connectivity index (χ0n) is 11.6. The van der Waals surface area contributed by atoms with Gasteiger partial charge >= 0.3 is 5.97 Å². The van der Waals surface area contributed by atoms with Crippen LogP contribution in [0.1, 0.15) is 37.2 Å². The molecule has 9 heteroatoms. The fraction of sp³-hybridized carbons (Fsp3) is 0.583. The first kappa shape index (κ1) is 16.5. The molecule has 0 aromatic carbocycles. The predicted octanol–water partition coefficient (Wildman–Crippen LogP) is 1.98. The van der Waals surface area contributed by atoms with E-state index >= 15 is 0 Å². The first-order valence-corrected chi connectivity index (χ1v) is 8.57. The number of furan rings is 1. The van der Waals surface area contributed by atoms with Crippen molar-refractivity contribution in [2.24, 2.45) is 0 Å². The SMILES string of the molecule is CC1(C)CC(NS(=O)(=O)c2cc(C(=O)O)oc2Br)CCO1. The van der Waals surface area contributed by atoms with Crippen LogP contribution >= 0.6 is 15.9 Å². The number of ether oxygens (including phenoxy) is 1. The molecule has 0 bridgehead atoms. The predicted molar refractivity (Wildman–Crippen MR) is 76.7 cm³/mol. The van der Waals surface area contributed by atoms with E-state index in [9.17, 15) is 13.2 Å². The summed E-state index contributed by atoms with van der Waals surface area (Å²) >= 11 is 2.93. The minimum absolute atomic E-state index is 0.126. The highest BCUT2D eigenvalue weighted by molar-refractivity contribution is 9.10. The van der Waals surface area contributed by atoms with Gasteiger partial charge in [0.1, 0.15) is 4.90 Å². The molecule has 0 aliphatic carbocycles. The highest BCUT2D eigenvalue weighted by Crippen LogP contribution is 2.29. The number of rotatable bonds is 4. The van der Waals surface area contributed by atoms with Crippen LogP contribution in [-0.4, -0.2) is 37.7 Å². The maximum atomic E-state index is 12.3. The Morgan fingerprint density at radius 1 is 1.52 bits per heavy atom. The number of nitrogens with one attached hydrogen (secondary N) is 1. The lowest BCUT2D eigenvalue weighted by molar-refractivity contribution is -0.0599. The summed E-state index contributed by atoms with van der Waals surface area (Å²) in [5.74, 6) is -1.76. The standard InChI is InChI=1S/C12H16BrNO6S/c1-12(2)6-7(3-4-19-12)14-21(17,18)9-5-8(11(15)16)20-10(9)13/h5,7,14H,3-4,6H2,1-2H3,(H,15,16). The average Bonchev–Trinajstić information content (AvgIpc) is 2.70. The number of carboxylic acids is 1. The van der Waals surface area contributed by atoms with E-state index in [1.807, 2.05) is 13.8 Å². The summed E-state index contributed by atoms with van der Waals surface area (Å²) in [6.45, 7) is 4.25. The van der Waals surface area contributed by atoms with Crippen LogP contribution in [0.25, 0.3) is 0 Å². The first-order chi connectivity index (χ1) is 9.61. The summed E-state index contributed by atoms with van der Waals surface area (Å²) in [6, 6.07) is 0.716. The molecule has 1 aromatic heterocycles. The van der Waals surface area contributed by atoms with Gasteiger partial charge in [0.05, 0.1) is 5.60 Å². The zero-order chi connectivity index (χ0) is 15.8. The van der Waals surface area contributed by atoms with E-state index in [0.29, 0.717) is 19.4 Å². The second-order valence-corrected chi connectivity index (χ2v) is 7.88. The number of sulfonamides is 1. The molecule has 1 unspecified atom stereocenters. The van der Waals surface area contributed by atoms with Gasteiger partial charge in [-0.05, 0) is 42.6 Å². The number of halogens is 1. The molecule has 2 N–H and O–H groups in total. The molecule has 0 spiro atoms. The van der Waals surface area contributed by atoms with Crippen molar-refractivity contribution in [2.75, 3.05) is 6.61 Å². The van der Waals surface area contributed by atoms with Gasteiger partial charge < -0.3 is 14.3 Å². The summed E-state index contributed by atoms with van der Waals surface area (Å²) in [7, 11) is -3.86. The highest BCUT2D eigenvalue weighted by atomic mass is 79.9. The van der Waals surface area contributed by atoms with Crippen LogP contribution in [0, 0.1) is 0 Å². The summed E-state index contributed by atoms with van der Waals surface area (Å²) in [4.78, 5) is 10.6. The smallest absolute Gasteiger partial charge is 0.371 e. The van der Waals surface area contributed by atoms with Gasteiger partial charge in [-0.2, -0.15) is 0 Å². The average molecular weight is 382 g/mol. The molecule has 7 nitrogen and oxygen atoms in total. The van der Waals surface area contributed by atoms with E-state index in [0.717, 1.165) is 6.07 Å². The van der Waals surface area contributed by atoms with Gasteiger partial charge in [0.25, 0.3) is 0 Å². The molecule has 1 fully saturated rings. The minimum Gasteiger partial charge on any atom is -0.475 e. The van der Waals surface area contributed by atoms with Crippen LogP contribution in [0.3, 0.4) is 0 Å². The fourth-order valence-electron chi connectivity index (χ4n) is 2.26. The van der Waals surface area contributed by atoms with Gasteiger partial charge in [-0.25, -0.2) is 17.9 Å². The second kappa shape index (κ2) is 5.71. The monoisotopic (exact) mass is 381 g/mol. The summed E-state index contributed by atoms with van der Waals surface area (Å²) in [5, 5.41) is 8.83. The normalized spacial score (nSPS) is 22.1. The molecule has 0 radical (unpaired) electrons. The van der Waals surface area contributed by atoms with Crippen molar-refractivity contribution in [3.8, 4) is 0 Å². The van der Waals surface area contributed by atoms with Crippen LogP contribution in [0.4, 0.5) is 0 Å². The molecule has 1 saturated heterocycles. The minimum atomic E-state index is -3.86. The number of aromatic carboxylic acids is 1. The molecule has 2 heterocycles. The van der Waals surface area contributed by atoms with E-state index in [1.54, 1.807) is 0 Å². The van der Waals surface area contributed by atoms with Gasteiger partial charge in [0.2, 0.25) is 15.8 Å². The molecule has 1 atom stereocenters. The Balaban J connectivity index is 2.20. The molecule has 21 heavy (non-hydrogen) atoms. The van der Waals surface area contributed by atoms with Crippen molar-refractivity contribution in [3.63, 3.8) is 0 Å². The summed E-state index contributed by atoms with van der Waals surface area (Å²) < 4.78 is 37.5. The third-order valence-corrected chi connectivity index (χ3v) is 5.55. The molecule has 1 aromatic rings. The third kappa shape index (κ3) is 3.85. The van der Waals surface area contributed by atoms with Crippen molar-refractivity contribution < 1.29 is 27.5 Å². The van der Waals surface area contributed by atoms with E-state index < -0.39 is 27.4 Å². The number of hydrogen-bond acceptors (Lipinski definition) is 5. The van der Waals surface area contributed by atoms with Gasteiger partial charge in [-0.15, -0.1) is 0 Å².